The molecule has 8 heteroatoms. The van der Waals surface area contributed by atoms with Gasteiger partial charge in [0.25, 0.3) is 5.91 Å². The first kappa shape index (κ1) is 18.0. The van der Waals surface area contributed by atoms with Gasteiger partial charge >= 0.3 is 0 Å². The summed E-state index contributed by atoms with van der Waals surface area (Å²) in [5.74, 6) is -0.0533. The fraction of sp³-hybridized carbons (Fsp3) is 0.412. The highest BCUT2D eigenvalue weighted by Gasteiger charge is 2.28. The second kappa shape index (κ2) is 7.23. The first-order valence-electron chi connectivity index (χ1n) is 8.09. The standard InChI is InChI=1S/C17H21N3O3S2/c1-13-16(24-15(18-13)12-14-6-4-3-5-7-14)17(21)19-8-10-20(11-9-19)25(2,22)23/h3-7H,8-12H2,1-2H3. The van der Waals surface area contributed by atoms with Gasteiger partial charge in [-0.2, -0.15) is 4.31 Å². The lowest BCUT2D eigenvalue weighted by molar-refractivity contribution is 0.0702. The largest absolute Gasteiger partial charge is 0.335 e. The number of piperazine rings is 1. The third-order valence-electron chi connectivity index (χ3n) is 4.23. The number of carbonyl (C=O) groups is 1. The molecule has 2 heterocycles. The van der Waals surface area contributed by atoms with Gasteiger partial charge in [-0.25, -0.2) is 13.4 Å². The van der Waals surface area contributed by atoms with Gasteiger partial charge in [-0.3, -0.25) is 4.79 Å². The minimum atomic E-state index is -3.19. The van der Waals surface area contributed by atoms with Crippen molar-refractivity contribution in [3.8, 4) is 0 Å². The van der Waals surface area contributed by atoms with Crippen LogP contribution in [-0.4, -0.2) is 60.9 Å². The van der Waals surface area contributed by atoms with Crippen LogP contribution in [0.25, 0.3) is 0 Å². The van der Waals surface area contributed by atoms with Gasteiger partial charge in [-0.1, -0.05) is 30.3 Å². The zero-order chi connectivity index (χ0) is 18.0. The molecule has 1 fully saturated rings. The predicted octanol–water partition coefficient (Wildman–Crippen LogP) is 1.76. The minimum absolute atomic E-state index is 0.0533. The number of rotatable bonds is 4. The monoisotopic (exact) mass is 379 g/mol. The number of nitrogens with zero attached hydrogens (tertiary/aromatic N) is 3. The number of amides is 1. The summed E-state index contributed by atoms with van der Waals surface area (Å²) in [7, 11) is -3.19. The molecule has 2 aromatic rings. The number of benzene rings is 1. The maximum atomic E-state index is 12.8. The minimum Gasteiger partial charge on any atom is -0.335 e. The molecule has 0 saturated carbocycles. The number of carbonyl (C=O) groups excluding carboxylic acids is 1. The van der Waals surface area contributed by atoms with Crippen LogP contribution in [0.15, 0.2) is 30.3 Å². The summed E-state index contributed by atoms with van der Waals surface area (Å²) in [6.07, 6.45) is 1.91. The molecule has 0 unspecified atom stereocenters. The van der Waals surface area contributed by atoms with Crippen molar-refractivity contribution in [2.45, 2.75) is 13.3 Å². The van der Waals surface area contributed by atoms with Crippen LogP contribution in [0, 0.1) is 6.92 Å². The van der Waals surface area contributed by atoms with E-state index in [2.05, 4.69) is 4.98 Å². The Morgan fingerprint density at radius 3 is 2.40 bits per heavy atom. The van der Waals surface area contributed by atoms with Crippen LogP contribution in [0.1, 0.15) is 25.9 Å². The fourth-order valence-electron chi connectivity index (χ4n) is 2.86. The average Bonchev–Trinajstić information content (AvgIpc) is 2.95. The Balaban J connectivity index is 1.69. The zero-order valence-electron chi connectivity index (χ0n) is 14.3. The van der Waals surface area contributed by atoms with Crippen molar-refractivity contribution in [2.24, 2.45) is 0 Å². The van der Waals surface area contributed by atoms with E-state index in [-0.39, 0.29) is 5.91 Å². The van der Waals surface area contributed by atoms with Crippen molar-refractivity contribution in [1.82, 2.24) is 14.2 Å². The first-order chi connectivity index (χ1) is 11.8. The molecule has 0 atom stereocenters. The normalized spacial score (nSPS) is 16.2. The highest BCUT2D eigenvalue weighted by molar-refractivity contribution is 7.88. The van der Waals surface area contributed by atoms with Gasteiger partial charge in [-0.15, -0.1) is 11.3 Å². The second-order valence-electron chi connectivity index (χ2n) is 6.14. The SMILES string of the molecule is Cc1nc(Cc2ccccc2)sc1C(=O)N1CCN(S(C)(=O)=O)CC1. The van der Waals surface area contributed by atoms with E-state index >= 15 is 0 Å². The van der Waals surface area contributed by atoms with Gasteiger partial charge in [0.15, 0.2) is 0 Å². The van der Waals surface area contributed by atoms with Crippen LogP contribution < -0.4 is 0 Å². The Kier molecular flexibility index (Phi) is 5.21. The predicted molar refractivity (Wildman–Crippen MR) is 98.4 cm³/mol. The van der Waals surface area contributed by atoms with E-state index in [0.29, 0.717) is 37.5 Å². The van der Waals surface area contributed by atoms with Crippen LogP contribution in [0.3, 0.4) is 0 Å². The van der Waals surface area contributed by atoms with Gasteiger partial charge in [0, 0.05) is 32.6 Å². The third-order valence-corrected chi connectivity index (χ3v) is 6.68. The molecule has 1 aromatic heterocycles. The van der Waals surface area contributed by atoms with Gasteiger partial charge in [0.1, 0.15) is 4.88 Å². The van der Waals surface area contributed by atoms with Crippen molar-refractivity contribution < 1.29 is 13.2 Å². The molecule has 134 valence electrons. The molecule has 0 spiro atoms. The number of thiazole rings is 1. The van der Waals surface area contributed by atoms with Crippen LogP contribution in [0.5, 0.6) is 0 Å². The van der Waals surface area contributed by atoms with Gasteiger partial charge in [0.2, 0.25) is 10.0 Å². The summed E-state index contributed by atoms with van der Waals surface area (Å²) in [6.45, 7) is 3.37. The van der Waals surface area contributed by atoms with E-state index < -0.39 is 10.0 Å². The van der Waals surface area contributed by atoms with Crippen molar-refractivity contribution in [3.05, 3.63) is 51.5 Å². The Morgan fingerprint density at radius 2 is 1.80 bits per heavy atom. The Labute approximate surface area is 152 Å². The molecule has 3 rings (SSSR count). The molecule has 6 nitrogen and oxygen atoms in total. The quantitative estimate of drug-likeness (QED) is 0.812. The van der Waals surface area contributed by atoms with Crippen molar-refractivity contribution in [1.29, 1.82) is 0 Å². The van der Waals surface area contributed by atoms with Gasteiger partial charge < -0.3 is 4.90 Å². The van der Waals surface area contributed by atoms with E-state index in [1.165, 1.54) is 21.9 Å². The molecule has 1 aliphatic rings. The molecule has 1 amide bonds. The lowest BCUT2D eigenvalue weighted by Gasteiger charge is -2.33. The van der Waals surface area contributed by atoms with E-state index in [9.17, 15) is 13.2 Å². The molecular formula is C17H21N3O3S2. The topological polar surface area (TPSA) is 70.6 Å². The number of hydrogen-bond donors (Lipinski definition) is 0. The summed E-state index contributed by atoms with van der Waals surface area (Å²) in [5, 5.41) is 0.918. The highest BCUT2D eigenvalue weighted by Crippen LogP contribution is 2.23. The third kappa shape index (κ3) is 4.26. The Bertz CT molecular complexity index is 855. The van der Waals surface area contributed by atoms with Crippen LogP contribution in [-0.2, 0) is 16.4 Å². The number of hydrogen-bond acceptors (Lipinski definition) is 5. The van der Waals surface area contributed by atoms with E-state index in [4.69, 9.17) is 0 Å². The average molecular weight is 380 g/mol. The maximum Gasteiger partial charge on any atom is 0.265 e. The molecule has 0 bridgehead atoms. The molecule has 0 radical (unpaired) electrons. The van der Waals surface area contributed by atoms with E-state index in [1.807, 2.05) is 37.3 Å². The van der Waals surface area contributed by atoms with Crippen molar-refractivity contribution >= 4 is 27.3 Å². The molecule has 0 aliphatic carbocycles. The summed E-state index contributed by atoms with van der Waals surface area (Å²) in [6, 6.07) is 10.0. The van der Waals surface area contributed by atoms with Crippen molar-refractivity contribution in [2.75, 3.05) is 32.4 Å². The number of sulfonamides is 1. The number of aromatic nitrogens is 1. The van der Waals surface area contributed by atoms with Crippen molar-refractivity contribution in [3.63, 3.8) is 0 Å². The highest BCUT2D eigenvalue weighted by atomic mass is 32.2. The molecule has 0 N–H and O–H groups in total. The maximum absolute atomic E-state index is 12.8. The smallest absolute Gasteiger partial charge is 0.265 e. The zero-order valence-corrected chi connectivity index (χ0v) is 15.9. The Hall–Kier alpha value is -1.77. The summed E-state index contributed by atoms with van der Waals surface area (Å²) in [4.78, 5) is 19.7. The number of aryl methyl sites for hydroxylation is 1. The fourth-order valence-corrected chi connectivity index (χ4v) is 4.76. The molecular weight excluding hydrogens is 358 g/mol. The lowest BCUT2D eigenvalue weighted by atomic mass is 10.2. The van der Waals surface area contributed by atoms with E-state index in [0.717, 1.165) is 16.3 Å². The van der Waals surface area contributed by atoms with Gasteiger partial charge in [-0.05, 0) is 12.5 Å². The van der Waals surface area contributed by atoms with Crippen LogP contribution in [0.4, 0.5) is 0 Å². The second-order valence-corrected chi connectivity index (χ2v) is 9.20. The molecule has 25 heavy (non-hydrogen) atoms. The first-order valence-corrected chi connectivity index (χ1v) is 10.8. The molecule has 1 aromatic carbocycles. The summed E-state index contributed by atoms with van der Waals surface area (Å²) < 4.78 is 24.6. The van der Waals surface area contributed by atoms with Gasteiger partial charge in [0.05, 0.1) is 17.0 Å². The van der Waals surface area contributed by atoms with Crippen LogP contribution >= 0.6 is 11.3 Å². The van der Waals surface area contributed by atoms with Crippen LogP contribution in [0.2, 0.25) is 0 Å². The lowest BCUT2D eigenvalue weighted by Crippen LogP contribution is -2.50. The summed E-state index contributed by atoms with van der Waals surface area (Å²) in [5.41, 5.74) is 1.91. The van der Waals surface area contributed by atoms with E-state index in [1.54, 1.807) is 4.90 Å². The Morgan fingerprint density at radius 1 is 1.16 bits per heavy atom. The molecule has 1 aliphatic heterocycles. The molecule has 1 saturated heterocycles. The summed E-state index contributed by atoms with van der Waals surface area (Å²) >= 11 is 1.43.